The van der Waals surface area contributed by atoms with Crippen molar-refractivity contribution in [2.45, 2.75) is 58.0 Å². The van der Waals surface area contributed by atoms with Gasteiger partial charge in [0.15, 0.2) is 0 Å². The number of nitrogens with one attached hydrogen (secondary N) is 1. The van der Waals surface area contributed by atoms with Gasteiger partial charge in [-0.1, -0.05) is 31.9 Å². The Hall–Kier alpha value is -1.02. The van der Waals surface area contributed by atoms with Crippen LogP contribution in [0.15, 0.2) is 24.3 Å². The number of hydrogen-bond donors (Lipinski definition) is 1. The molecule has 0 radical (unpaired) electrons. The smallest absolute Gasteiger partial charge is 0.119 e. The third-order valence-electron chi connectivity index (χ3n) is 3.69. The van der Waals surface area contributed by atoms with E-state index >= 15 is 0 Å². The number of benzene rings is 1. The van der Waals surface area contributed by atoms with Gasteiger partial charge >= 0.3 is 0 Å². The molecule has 1 unspecified atom stereocenters. The SMILES string of the molecule is CCCOc1ccc(C(C)NC2CCCC2)cc1. The molecule has 1 aromatic carbocycles. The molecule has 2 nitrogen and oxygen atoms in total. The van der Waals surface area contributed by atoms with Gasteiger partial charge in [-0.3, -0.25) is 0 Å². The lowest BCUT2D eigenvalue weighted by atomic mass is 10.1. The Morgan fingerprint density at radius 2 is 1.89 bits per heavy atom. The van der Waals surface area contributed by atoms with Crippen molar-refractivity contribution in [1.82, 2.24) is 5.32 Å². The second-order valence-corrected chi connectivity index (χ2v) is 5.29. The Labute approximate surface area is 111 Å². The highest BCUT2D eigenvalue weighted by Crippen LogP contribution is 2.23. The molecule has 1 saturated carbocycles. The summed E-state index contributed by atoms with van der Waals surface area (Å²) in [5, 5.41) is 3.72. The van der Waals surface area contributed by atoms with Crippen LogP contribution in [0.3, 0.4) is 0 Å². The van der Waals surface area contributed by atoms with Gasteiger partial charge < -0.3 is 10.1 Å². The van der Waals surface area contributed by atoms with Crippen molar-refractivity contribution in [3.8, 4) is 5.75 Å². The van der Waals surface area contributed by atoms with Gasteiger partial charge in [0.2, 0.25) is 0 Å². The predicted octanol–water partition coefficient (Wildman–Crippen LogP) is 4.07. The minimum Gasteiger partial charge on any atom is -0.494 e. The van der Waals surface area contributed by atoms with Gasteiger partial charge in [0, 0.05) is 12.1 Å². The topological polar surface area (TPSA) is 21.3 Å². The van der Waals surface area contributed by atoms with Crippen molar-refractivity contribution in [2.75, 3.05) is 6.61 Å². The van der Waals surface area contributed by atoms with Crippen molar-refractivity contribution in [3.05, 3.63) is 29.8 Å². The Morgan fingerprint density at radius 1 is 1.22 bits per heavy atom. The maximum absolute atomic E-state index is 5.60. The van der Waals surface area contributed by atoms with Crippen LogP contribution in [-0.2, 0) is 0 Å². The summed E-state index contributed by atoms with van der Waals surface area (Å²) in [6.07, 6.45) is 6.49. The molecular formula is C16H25NO. The average molecular weight is 247 g/mol. The molecule has 1 aliphatic rings. The Bertz CT molecular complexity index is 341. The number of rotatable bonds is 6. The Balaban J connectivity index is 1.87. The van der Waals surface area contributed by atoms with Crippen LogP contribution in [-0.4, -0.2) is 12.6 Å². The molecule has 0 amide bonds. The van der Waals surface area contributed by atoms with Gasteiger partial charge in [0.25, 0.3) is 0 Å². The molecule has 2 heteroatoms. The van der Waals surface area contributed by atoms with Gasteiger partial charge in [-0.15, -0.1) is 0 Å². The molecule has 18 heavy (non-hydrogen) atoms. The quantitative estimate of drug-likeness (QED) is 0.818. The summed E-state index contributed by atoms with van der Waals surface area (Å²) in [4.78, 5) is 0. The van der Waals surface area contributed by atoms with E-state index < -0.39 is 0 Å². The molecule has 0 heterocycles. The Kier molecular flexibility index (Phi) is 5.06. The summed E-state index contributed by atoms with van der Waals surface area (Å²) in [5.41, 5.74) is 1.35. The Morgan fingerprint density at radius 3 is 2.50 bits per heavy atom. The fraction of sp³-hybridized carbons (Fsp3) is 0.625. The van der Waals surface area contributed by atoms with E-state index in [1.54, 1.807) is 0 Å². The largest absolute Gasteiger partial charge is 0.494 e. The van der Waals surface area contributed by atoms with E-state index in [1.165, 1.54) is 31.2 Å². The van der Waals surface area contributed by atoms with Crippen LogP contribution in [0, 0.1) is 0 Å². The lowest BCUT2D eigenvalue weighted by Gasteiger charge is -2.19. The van der Waals surface area contributed by atoms with Gasteiger partial charge in [-0.2, -0.15) is 0 Å². The molecule has 2 rings (SSSR count). The van der Waals surface area contributed by atoms with Crippen LogP contribution < -0.4 is 10.1 Å². The van der Waals surface area contributed by atoms with Crippen molar-refractivity contribution in [1.29, 1.82) is 0 Å². The molecule has 1 aromatic rings. The summed E-state index contributed by atoms with van der Waals surface area (Å²) in [6, 6.07) is 9.68. The van der Waals surface area contributed by atoms with E-state index in [2.05, 4.69) is 43.4 Å². The zero-order chi connectivity index (χ0) is 12.8. The molecule has 0 bridgehead atoms. The van der Waals surface area contributed by atoms with Gasteiger partial charge in [-0.25, -0.2) is 0 Å². The first-order valence-corrected chi connectivity index (χ1v) is 7.28. The number of hydrogen-bond acceptors (Lipinski definition) is 2. The monoisotopic (exact) mass is 247 g/mol. The second kappa shape index (κ2) is 6.79. The summed E-state index contributed by atoms with van der Waals surface area (Å²) in [7, 11) is 0. The highest BCUT2D eigenvalue weighted by atomic mass is 16.5. The van der Waals surface area contributed by atoms with Crippen LogP contribution in [0.2, 0.25) is 0 Å². The minimum absolute atomic E-state index is 0.438. The van der Waals surface area contributed by atoms with E-state index in [0.717, 1.165) is 24.8 Å². The molecule has 0 aliphatic heterocycles. The van der Waals surface area contributed by atoms with Crippen LogP contribution >= 0.6 is 0 Å². The zero-order valence-electron chi connectivity index (χ0n) is 11.6. The normalized spacial score (nSPS) is 17.9. The van der Waals surface area contributed by atoms with E-state index in [1.807, 2.05) is 0 Å². The van der Waals surface area contributed by atoms with E-state index in [9.17, 15) is 0 Å². The zero-order valence-corrected chi connectivity index (χ0v) is 11.6. The van der Waals surface area contributed by atoms with Crippen molar-refractivity contribution in [2.24, 2.45) is 0 Å². The molecule has 1 atom stereocenters. The lowest BCUT2D eigenvalue weighted by Crippen LogP contribution is -2.28. The third-order valence-corrected chi connectivity index (χ3v) is 3.69. The van der Waals surface area contributed by atoms with Crippen LogP contribution in [0.1, 0.15) is 57.6 Å². The standard InChI is InChI=1S/C16H25NO/c1-3-12-18-16-10-8-14(9-11-16)13(2)17-15-6-4-5-7-15/h8-11,13,15,17H,3-7,12H2,1-2H3. The van der Waals surface area contributed by atoms with Gasteiger partial charge in [0.05, 0.1) is 6.61 Å². The van der Waals surface area contributed by atoms with Crippen molar-refractivity contribution in [3.63, 3.8) is 0 Å². The summed E-state index contributed by atoms with van der Waals surface area (Å²) >= 11 is 0. The minimum atomic E-state index is 0.438. The van der Waals surface area contributed by atoms with E-state index in [0.29, 0.717) is 6.04 Å². The molecule has 0 saturated heterocycles. The lowest BCUT2D eigenvalue weighted by molar-refractivity contribution is 0.317. The van der Waals surface area contributed by atoms with Crippen molar-refractivity contribution >= 4 is 0 Å². The number of ether oxygens (including phenoxy) is 1. The predicted molar refractivity (Wildman–Crippen MR) is 76.0 cm³/mol. The maximum Gasteiger partial charge on any atom is 0.119 e. The van der Waals surface area contributed by atoms with Gasteiger partial charge in [-0.05, 0) is 43.9 Å². The highest BCUT2D eigenvalue weighted by molar-refractivity contribution is 5.29. The first-order chi connectivity index (χ1) is 8.79. The molecular weight excluding hydrogens is 222 g/mol. The van der Waals surface area contributed by atoms with Crippen LogP contribution in [0.25, 0.3) is 0 Å². The van der Waals surface area contributed by atoms with Gasteiger partial charge in [0.1, 0.15) is 5.75 Å². The molecule has 1 fully saturated rings. The van der Waals surface area contributed by atoms with Crippen molar-refractivity contribution < 1.29 is 4.74 Å². The van der Waals surface area contributed by atoms with E-state index in [-0.39, 0.29) is 0 Å². The summed E-state index contributed by atoms with van der Waals surface area (Å²) in [5.74, 6) is 0.980. The fourth-order valence-corrected chi connectivity index (χ4v) is 2.61. The second-order valence-electron chi connectivity index (χ2n) is 5.29. The first kappa shape index (κ1) is 13.4. The molecule has 0 spiro atoms. The summed E-state index contributed by atoms with van der Waals surface area (Å²) < 4.78 is 5.60. The van der Waals surface area contributed by atoms with Crippen LogP contribution in [0.4, 0.5) is 0 Å². The first-order valence-electron chi connectivity index (χ1n) is 7.28. The molecule has 1 N–H and O–H groups in total. The fourth-order valence-electron chi connectivity index (χ4n) is 2.61. The third kappa shape index (κ3) is 3.74. The molecule has 1 aliphatic carbocycles. The van der Waals surface area contributed by atoms with E-state index in [4.69, 9.17) is 4.74 Å². The molecule has 100 valence electrons. The van der Waals surface area contributed by atoms with Crippen LogP contribution in [0.5, 0.6) is 5.75 Å². The molecule has 0 aromatic heterocycles. The average Bonchev–Trinajstić information content (AvgIpc) is 2.89. The summed E-state index contributed by atoms with van der Waals surface area (Å²) in [6.45, 7) is 5.18. The highest BCUT2D eigenvalue weighted by Gasteiger charge is 2.17. The maximum atomic E-state index is 5.60.